The molecule has 1 unspecified atom stereocenters. The van der Waals surface area contributed by atoms with E-state index in [2.05, 4.69) is 20.9 Å². The summed E-state index contributed by atoms with van der Waals surface area (Å²) >= 11 is 0. The monoisotopic (exact) mass is 557 g/mol. The van der Waals surface area contributed by atoms with Gasteiger partial charge in [0.05, 0.1) is 5.69 Å². The fourth-order valence-corrected chi connectivity index (χ4v) is 5.11. The molecule has 0 spiro atoms. The average molecular weight is 558 g/mol. The molecule has 10 nitrogen and oxygen atoms in total. The van der Waals surface area contributed by atoms with Crippen molar-refractivity contribution in [2.45, 2.75) is 31.8 Å². The van der Waals surface area contributed by atoms with Crippen LogP contribution in [0.15, 0.2) is 72.8 Å². The quantitative estimate of drug-likeness (QED) is 0.220. The Kier molecular flexibility index (Phi) is 7.68. The number of nitrogens with zero attached hydrogens (tertiary/aromatic N) is 1. The van der Waals surface area contributed by atoms with Crippen molar-refractivity contribution in [2.24, 2.45) is 0 Å². The number of rotatable bonds is 7. The lowest BCUT2D eigenvalue weighted by molar-refractivity contribution is -0.138. The normalized spacial score (nSPS) is 15.4. The molecule has 0 aliphatic carbocycles. The molecule has 5 N–H and O–H groups in total. The molecular formula is C30H28FN5O5. The van der Waals surface area contributed by atoms with Crippen molar-refractivity contribution in [3.05, 3.63) is 84.2 Å². The Bertz CT molecular complexity index is 1620. The van der Waals surface area contributed by atoms with Crippen molar-refractivity contribution in [1.29, 1.82) is 0 Å². The number of carbonyl (C=O) groups excluding carboxylic acids is 3. The summed E-state index contributed by atoms with van der Waals surface area (Å²) in [5.74, 6) is -1.66. The van der Waals surface area contributed by atoms with Gasteiger partial charge < -0.3 is 30.9 Å². The first-order valence-corrected chi connectivity index (χ1v) is 13.1. The van der Waals surface area contributed by atoms with Crippen LogP contribution < -0.4 is 16.0 Å². The highest BCUT2D eigenvalue weighted by atomic mass is 19.1. The molecule has 1 aliphatic heterocycles. The van der Waals surface area contributed by atoms with E-state index in [1.165, 1.54) is 17.9 Å². The Hall–Kier alpha value is -5.19. The third kappa shape index (κ3) is 5.88. The van der Waals surface area contributed by atoms with Gasteiger partial charge in [-0.2, -0.15) is 0 Å². The summed E-state index contributed by atoms with van der Waals surface area (Å²) in [4.78, 5) is 53.9. The largest absolute Gasteiger partial charge is 0.465 e. The highest BCUT2D eigenvalue weighted by molar-refractivity contribution is 6.00. The lowest BCUT2D eigenvalue weighted by Crippen LogP contribution is -2.48. The highest BCUT2D eigenvalue weighted by Crippen LogP contribution is 2.32. The molecule has 5 rings (SSSR count). The van der Waals surface area contributed by atoms with Crippen molar-refractivity contribution in [3.8, 4) is 11.3 Å². The Morgan fingerprint density at radius 2 is 1.68 bits per heavy atom. The van der Waals surface area contributed by atoms with Gasteiger partial charge in [0, 0.05) is 41.3 Å². The fourth-order valence-electron chi connectivity index (χ4n) is 5.11. The number of fused-ring (bicyclic) bond motifs is 1. The first kappa shape index (κ1) is 27.4. The number of halogens is 1. The van der Waals surface area contributed by atoms with Crippen molar-refractivity contribution in [3.63, 3.8) is 0 Å². The molecule has 1 aliphatic rings. The van der Waals surface area contributed by atoms with Crippen molar-refractivity contribution in [2.75, 3.05) is 17.2 Å². The van der Waals surface area contributed by atoms with Crippen molar-refractivity contribution < 1.29 is 28.7 Å². The van der Waals surface area contributed by atoms with E-state index in [9.17, 15) is 24.3 Å². The molecule has 11 heteroatoms. The van der Waals surface area contributed by atoms with Crippen LogP contribution in [0.25, 0.3) is 22.2 Å². The number of carboxylic acid groups (broad SMARTS) is 1. The summed E-state index contributed by atoms with van der Waals surface area (Å²) in [6, 6.07) is 18.0. The lowest BCUT2D eigenvalue weighted by atomic mass is 10.0. The summed E-state index contributed by atoms with van der Waals surface area (Å²) in [7, 11) is 0. The minimum Gasteiger partial charge on any atom is -0.465 e. The number of likely N-dealkylation sites (tertiary alicyclic amines) is 1. The maximum Gasteiger partial charge on any atom is 0.405 e. The van der Waals surface area contributed by atoms with Gasteiger partial charge in [0.1, 0.15) is 12.1 Å². The number of carbonyl (C=O) groups is 4. The average Bonchev–Trinajstić information content (AvgIpc) is 3.57. The second-order valence-corrected chi connectivity index (χ2v) is 9.80. The van der Waals surface area contributed by atoms with Gasteiger partial charge in [0.2, 0.25) is 11.8 Å². The molecule has 0 bridgehead atoms. The van der Waals surface area contributed by atoms with Gasteiger partial charge in [-0.1, -0.05) is 42.5 Å². The van der Waals surface area contributed by atoms with Crippen LogP contribution >= 0.6 is 0 Å². The summed E-state index contributed by atoms with van der Waals surface area (Å²) in [6.45, 7) is 1.71. The molecule has 3 aromatic carbocycles. The van der Waals surface area contributed by atoms with Gasteiger partial charge in [-0.05, 0) is 48.7 Å². The zero-order chi connectivity index (χ0) is 29.1. The maximum absolute atomic E-state index is 15.4. The highest BCUT2D eigenvalue weighted by Gasteiger charge is 2.38. The van der Waals surface area contributed by atoms with E-state index in [1.54, 1.807) is 66.7 Å². The molecule has 1 fully saturated rings. The predicted octanol–water partition coefficient (Wildman–Crippen LogP) is 4.87. The molecule has 210 valence electrons. The van der Waals surface area contributed by atoms with Crippen LogP contribution in [0, 0.1) is 5.82 Å². The van der Waals surface area contributed by atoms with Crippen LogP contribution in [-0.2, 0) is 14.4 Å². The molecule has 0 saturated carbocycles. The summed E-state index contributed by atoms with van der Waals surface area (Å²) in [5.41, 5.74) is 2.81. The van der Waals surface area contributed by atoms with E-state index in [4.69, 9.17) is 0 Å². The van der Waals surface area contributed by atoms with Gasteiger partial charge >= 0.3 is 6.09 Å². The Balaban J connectivity index is 1.34. The number of aromatic nitrogens is 1. The predicted molar refractivity (Wildman–Crippen MR) is 152 cm³/mol. The van der Waals surface area contributed by atoms with Gasteiger partial charge in [0.25, 0.3) is 5.91 Å². The molecular weight excluding hydrogens is 529 g/mol. The summed E-state index contributed by atoms with van der Waals surface area (Å²) in [5, 5.41) is 17.3. The number of aromatic amines is 1. The van der Waals surface area contributed by atoms with E-state index in [1.807, 2.05) is 0 Å². The zero-order valence-electron chi connectivity index (χ0n) is 22.1. The number of benzene rings is 3. The molecule has 0 radical (unpaired) electrons. The fraction of sp³-hybridized carbons (Fsp3) is 0.200. The van der Waals surface area contributed by atoms with E-state index in [-0.39, 0.29) is 17.0 Å². The number of hydrogen-bond donors (Lipinski definition) is 5. The number of hydrogen-bond acceptors (Lipinski definition) is 4. The zero-order valence-corrected chi connectivity index (χ0v) is 22.1. The number of H-pyrrole nitrogens is 1. The minimum atomic E-state index is -1.35. The van der Waals surface area contributed by atoms with Crippen molar-refractivity contribution in [1.82, 2.24) is 15.2 Å². The van der Waals surface area contributed by atoms with Gasteiger partial charge in [-0.25, -0.2) is 9.18 Å². The molecule has 2 atom stereocenters. The van der Waals surface area contributed by atoms with Crippen LogP contribution in [0.4, 0.5) is 20.6 Å². The minimum absolute atomic E-state index is 0.206. The second-order valence-electron chi connectivity index (χ2n) is 9.80. The molecule has 2 heterocycles. The number of anilines is 2. The summed E-state index contributed by atoms with van der Waals surface area (Å²) in [6.07, 6.45) is -0.364. The molecule has 4 amide bonds. The molecule has 1 aromatic heterocycles. The Morgan fingerprint density at radius 1 is 0.976 bits per heavy atom. The standard InChI is InChI=1S/C30H28FN5O5/c1-17(37)32-20-11-9-19(10-12-20)26-25(31)22-16-21(13-14-23(22)34-26)33-28(38)24-8-5-15-36(24)29(39)27(35-30(40)41)18-6-3-2-4-7-18/h2-4,6-7,9-14,16,24,27,34-35H,5,8,15H2,1H3,(H,32,37)(H,33,38)(H,40,41)/t24-,27?/m0/s1. The molecule has 4 aromatic rings. The van der Waals surface area contributed by atoms with Crippen LogP contribution in [0.3, 0.4) is 0 Å². The van der Waals surface area contributed by atoms with E-state index in [0.29, 0.717) is 47.4 Å². The first-order valence-electron chi connectivity index (χ1n) is 13.1. The molecule has 41 heavy (non-hydrogen) atoms. The topological polar surface area (TPSA) is 144 Å². The van der Waals surface area contributed by atoms with Crippen molar-refractivity contribution >= 4 is 46.1 Å². The second kappa shape index (κ2) is 11.5. The smallest absolute Gasteiger partial charge is 0.405 e. The van der Waals surface area contributed by atoms with Crippen LogP contribution in [0.5, 0.6) is 0 Å². The molecule has 1 saturated heterocycles. The Labute approximate surface area is 234 Å². The number of nitrogens with one attached hydrogen (secondary N) is 4. The van der Waals surface area contributed by atoms with Gasteiger partial charge in [-0.3, -0.25) is 14.4 Å². The van der Waals surface area contributed by atoms with E-state index >= 15 is 4.39 Å². The van der Waals surface area contributed by atoms with Gasteiger partial charge in [0.15, 0.2) is 5.82 Å². The third-order valence-electron chi connectivity index (χ3n) is 6.98. The lowest BCUT2D eigenvalue weighted by Gasteiger charge is -2.28. The van der Waals surface area contributed by atoms with Gasteiger partial charge in [-0.15, -0.1) is 0 Å². The first-order chi connectivity index (χ1) is 19.7. The third-order valence-corrected chi connectivity index (χ3v) is 6.98. The Morgan fingerprint density at radius 3 is 2.37 bits per heavy atom. The van der Waals surface area contributed by atoms with Crippen LogP contribution in [-0.4, -0.2) is 51.4 Å². The summed E-state index contributed by atoms with van der Waals surface area (Å²) < 4.78 is 15.4. The van der Waals surface area contributed by atoms with Crippen LogP contribution in [0.2, 0.25) is 0 Å². The van der Waals surface area contributed by atoms with E-state index < -0.39 is 35.8 Å². The maximum atomic E-state index is 15.4. The van der Waals surface area contributed by atoms with E-state index in [0.717, 1.165) is 0 Å². The van der Waals surface area contributed by atoms with Crippen LogP contribution in [0.1, 0.15) is 31.4 Å². The SMILES string of the molecule is CC(=O)Nc1ccc(-c2[nH]c3ccc(NC(=O)[C@@H]4CCCN4C(=O)C(NC(=O)O)c4ccccc4)cc3c2F)cc1. The number of amides is 4.